The van der Waals surface area contributed by atoms with Crippen LogP contribution < -0.4 is 5.32 Å². The monoisotopic (exact) mass is 319 g/mol. The average molecular weight is 320 g/mol. The molecule has 98 valence electrons. The topological polar surface area (TPSA) is 49.3 Å². The van der Waals surface area contributed by atoms with Gasteiger partial charge in [-0.15, -0.1) is 0 Å². The van der Waals surface area contributed by atoms with Gasteiger partial charge in [-0.3, -0.25) is 0 Å². The van der Waals surface area contributed by atoms with E-state index in [-0.39, 0.29) is 5.56 Å². The van der Waals surface area contributed by atoms with Gasteiger partial charge >= 0.3 is 5.97 Å². The van der Waals surface area contributed by atoms with Crippen molar-refractivity contribution in [3.63, 3.8) is 0 Å². The highest BCUT2D eigenvalue weighted by Crippen LogP contribution is 2.21. The van der Waals surface area contributed by atoms with Crippen LogP contribution in [-0.4, -0.2) is 11.1 Å². The maximum Gasteiger partial charge on any atom is 0.337 e. The molecule has 0 saturated heterocycles. The molecule has 19 heavy (non-hydrogen) atoms. The molecule has 4 heteroatoms. The van der Waals surface area contributed by atoms with Crippen LogP contribution in [0, 0.1) is 6.92 Å². The number of para-hydroxylation sites is 1. The van der Waals surface area contributed by atoms with Crippen LogP contribution >= 0.6 is 15.9 Å². The minimum atomic E-state index is -0.925. The molecular weight excluding hydrogens is 306 g/mol. The van der Waals surface area contributed by atoms with Crippen LogP contribution in [0.25, 0.3) is 0 Å². The summed E-state index contributed by atoms with van der Waals surface area (Å²) in [5, 5.41) is 12.3. The van der Waals surface area contributed by atoms with Gasteiger partial charge in [0.15, 0.2) is 0 Å². The largest absolute Gasteiger partial charge is 0.478 e. The lowest BCUT2D eigenvalue weighted by Gasteiger charge is -2.11. The van der Waals surface area contributed by atoms with E-state index in [2.05, 4.69) is 21.2 Å². The number of halogens is 1. The Kier molecular flexibility index (Phi) is 4.22. The molecule has 0 aliphatic carbocycles. The summed E-state index contributed by atoms with van der Waals surface area (Å²) in [5.74, 6) is -0.925. The number of aryl methyl sites for hydroxylation is 1. The molecule has 0 aromatic heterocycles. The summed E-state index contributed by atoms with van der Waals surface area (Å²) in [6.45, 7) is 2.60. The lowest BCUT2D eigenvalue weighted by molar-refractivity contribution is 0.0698. The molecule has 0 bridgehead atoms. The van der Waals surface area contributed by atoms with Crippen molar-refractivity contribution < 1.29 is 9.90 Å². The summed E-state index contributed by atoms with van der Waals surface area (Å²) in [4.78, 5) is 11.1. The Morgan fingerprint density at radius 1 is 1.26 bits per heavy atom. The van der Waals surface area contributed by atoms with Crippen molar-refractivity contribution in [1.29, 1.82) is 0 Å². The first kappa shape index (κ1) is 13.6. The normalized spacial score (nSPS) is 10.2. The van der Waals surface area contributed by atoms with E-state index in [4.69, 9.17) is 5.11 Å². The quantitative estimate of drug-likeness (QED) is 0.893. The fourth-order valence-electron chi connectivity index (χ4n) is 1.81. The maximum absolute atomic E-state index is 11.1. The Labute approximate surface area is 120 Å². The van der Waals surface area contributed by atoms with Crippen molar-refractivity contribution in [1.82, 2.24) is 0 Å². The van der Waals surface area contributed by atoms with Gasteiger partial charge in [0.25, 0.3) is 0 Å². The second-order valence-corrected chi connectivity index (χ2v) is 5.15. The molecular formula is C15H14BrNO2. The van der Waals surface area contributed by atoms with E-state index in [1.807, 2.05) is 31.2 Å². The molecule has 0 fully saturated rings. The van der Waals surface area contributed by atoms with Crippen molar-refractivity contribution >= 4 is 27.6 Å². The number of carboxylic acid groups (broad SMARTS) is 1. The van der Waals surface area contributed by atoms with Crippen molar-refractivity contribution in [2.45, 2.75) is 13.5 Å². The molecule has 0 aliphatic heterocycles. The molecule has 0 heterocycles. The maximum atomic E-state index is 11.1. The number of hydrogen-bond donors (Lipinski definition) is 2. The molecule has 2 aromatic carbocycles. The predicted molar refractivity (Wildman–Crippen MR) is 79.6 cm³/mol. The number of anilines is 1. The highest BCUT2D eigenvalue weighted by Gasteiger charge is 2.08. The molecule has 0 unspecified atom stereocenters. The van der Waals surface area contributed by atoms with E-state index >= 15 is 0 Å². The number of carbonyl (C=O) groups is 1. The van der Waals surface area contributed by atoms with Crippen molar-refractivity contribution in [3.8, 4) is 0 Å². The van der Waals surface area contributed by atoms with Crippen LogP contribution in [0.2, 0.25) is 0 Å². The second kappa shape index (κ2) is 5.89. The fourth-order valence-corrected chi connectivity index (χ4v) is 2.44. The first-order valence-corrected chi connectivity index (χ1v) is 6.68. The zero-order valence-electron chi connectivity index (χ0n) is 10.5. The molecule has 0 amide bonds. The minimum Gasteiger partial charge on any atom is -0.478 e. The summed E-state index contributed by atoms with van der Waals surface area (Å²) in [6, 6.07) is 13.0. The third-order valence-electron chi connectivity index (χ3n) is 2.84. The molecule has 0 radical (unpaired) electrons. The van der Waals surface area contributed by atoms with Gasteiger partial charge in [-0.05, 0) is 36.2 Å². The van der Waals surface area contributed by atoms with Crippen molar-refractivity contribution in [3.05, 3.63) is 63.6 Å². The smallest absolute Gasteiger partial charge is 0.337 e. The summed E-state index contributed by atoms with van der Waals surface area (Å²) in [7, 11) is 0. The van der Waals surface area contributed by atoms with Gasteiger partial charge in [0.05, 0.1) is 5.56 Å². The third-order valence-corrected chi connectivity index (χ3v) is 3.57. The first-order valence-electron chi connectivity index (χ1n) is 5.89. The highest BCUT2D eigenvalue weighted by molar-refractivity contribution is 9.10. The van der Waals surface area contributed by atoms with Gasteiger partial charge < -0.3 is 10.4 Å². The van der Waals surface area contributed by atoms with E-state index in [1.54, 1.807) is 18.2 Å². The third kappa shape index (κ3) is 3.35. The number of rotatable bonds is 4. The summed E-state index contributed by atoms with van der Waals surface area (Å²) in [6.07, 6.45) is 0. The van der Waals surface area contributed by atoms with Crippen LogP contribution in [0.4, 0.5) is 5.69 Å². The van der Waals surface area contributed by atoms with Crippen LogP contribution in [0.1, 0.15) is 21.5 Å². The SMILES string of the molecule is Cc1ccc(CNc2ccccc2C(=O)O)c(Br)c1. The number of benzene rings is 2. The standard InChI is InChI=1S/C15H14BrNO2/c1-10-6-7-11(13(16)8-10)9-17-14-5-3-2-4-12(14)15(18)19/h2-8,17H,9H2,1H3,(H,18,19). The van der Waals surface area contributed by atoms with Gasteiger partial charge in [-0.25, -0.2) is 4.79 Å². The highest BCUT2D eigenvalue weighted by atomic mass is 79.9. The molecule has 2 N–H and O–H groups in total. The average Bonchev–Trinajstić information content (AvgIpc) is 2.38. The minimum absolute atomic E-state index is 0.283. The Hall–Kier alpha value is -1.81. The van der Waals surface area contributed by atoms with E-state index in [0.717, 1.165) is 10.0 Å². The molecule has 2 aromatic rings. The number of hydrogen-bond acceptors (Lipinski definition) is 2. The van der Waals surface area contributed by atoms with E-state index in [0.29, 0.717) is 12.2 Å². The van der Waals surface area contributed by atoms with Gasteiger partial charge in [0.1, 0.15) is 0 Å². The van der Waals surface area contributed by atoms with Crippen LogP contribution in [0.15, 0.2) is 46.9 Å². The lowest BCUT2D eigenvalue weighted by Crippen LogP contribution is -2.06. The summed E-state index contributed by atoms with van der Waals surface area (Å²) < 4.78 is 1.02. The van der Waals surface area contributed by atoms with Crippen LogP contribution in [-0.2, 0) is 6.54 Å². The first-order chi connectivity index (χ1) is 9.08. The molecule has 2 rings (SSSR count). The molecule has 0 spiro atoms. The molecule has 0 atom stereocenters. The Bertz CT molecular complexity index is 611. The van der Waals surface area contributed by atoms with Gasteiger partial charge in [0, 0.05) is 16.7 Å². The number of nitrogens with one attached hydrogen (secondary N) is 1. The van der Waals surface area contributed by atoms with Crippen molar-refractivity contribution in [2.75, 3.05) is 5.32 Å². The molecule has 0 saturated carbocycles. The van der Waals surface area contributed by atoms with Gasteiger partial charge in [-0.1, -0.05) is 40.2 Å². The Morgan fingerprint density at radius 3 is 2.68 bits per heavy atom. The summed E-state index contributed by atoms with van der Waals surface area (Å²) in [5.41, 5.74) is 3.18. The predicted octanol–water partition coefficient (Wildman–Crippen LogP) is 4.07. The number of carboxylic acids is 1. The Balaban J connectivity index is 2.17. The molecule has 0 aliphatic rings. The number of aromatic carboxylic acids is 1. The van der Waals surface area contributed by atoms with E-state index < -0.39 is 5.97 Å². The van der Waals surface area contributed by atoms with Crippen LogP contribution in [0.5, 0.6) is 0 Å². The molecule has 3 nitrogen and oxygen atoms in total. The van der Waals surface area contributed by atoms with Gasteiger partial charge in [-0.2, -0.15) is 0 Å². The fraction of sp³-hybridized carbons (Fsp3) is 0.133. The lowest BCUT2D eigenvalue weighted by atomic mass is 10.1. The van der Waals surface area contributed by atoms with Gasteiger partial charge in [0.2, 0.25) is 0 Å². The van der Waals surface area contributed by atoms with Crippen LogP contribution in [0.3, 0.4) is 0 Å². The second-order valence-electron chi connectivity index (χ2n) is 4.30. The summed E-state index contributed by atoms with van der Waals surface area (Å²) >= 11 is 3.51. The Morgan fingerprint density at radius 2 is 2.00 bits per heavy atom. The van der Waals surface area contributed by atoms with E-state index in [9.17, 15) is 4.79 Å². The zero-order chi connectivity index (χ0) is 13.8. The van der Waals surface area contributed by atoms with Crippen molar-refractivity contribution in [2.24, 2.45) is 0 Å². The zero-order valence-corrected chi connectivity index (χ0v) is 12.1. The van der Waals surface area contributed by atoms with E-state index in [1.165, 1.54) is 5.56 Å².